The molecule has 1 atom stereocenters. The number of amides is 2. The lowest BCUT2D eigenvalue weighted by molar-refractivity contribution is -0.148. The van der Waals surface area contributed by atoms with Gasteiger partial charge in [0.05, 0.1) is 17.7 Å². The van der Waals surface area contributed by atoms with Crippen molar-refractivity contribution >= 4 is 23.3 Å². The van der Waals surface area contributed by atoms with Crippen LogP contribution in [0.3, 0.4) is 0 Å². The highest BCUT2D eigenvalue weighted by atomic mass is 32.1. The molecular weight excluding hydrogens is 278 g/mol. The third-order valence-electron chi connectivity index (χ3n) is 3.67. The van der Waals surface area contributed by atoms with E-state index in [2.05, 4.69) is 10.3 Å². The first-order chi connectivity index (χ1) is 9.42. The molecule has 2 amide bonds. The topological polar surface area (TPSA) is 82.5 Å². The number of aromatic nitrogens is 1. The maximum atomic E-state index is 12.2. The second kappa shape index (κ2) is 5.78. The highest BCUT2D eigenvalue weighted by molar-refractivity contribution is 7.07. The quantitative estimate of drug-likeness (QED) is 0.893. The Morgan fingerprint density at radius 3 is 2.95 bits per heavy atom. The molecule has 0 radical (unpaired) electrons. The number of rotatable bonds is 3. The Bertz CT molecular complexity index is 487. The Hall–Kier alpha value is -1.63. The molecule has 110 valence electrons. The van der Waals surface area contributed by atoms with Crippen molar-refractivity contribution in [3.05, 3.63) is 16.6 Å². The third kappa shape index (κ3) is 3.09. The van der Waals surface area contributed by atoms with Crippen molar-refractivity contribution in [2.45, 2.75) is 39.3 Å². The molecule has 1 aliphatic rings. The van der Waals surface area contributed by atoms with E-state index in [-0.39, 0.29) is 6.03 Å². The highest BCUT2D eigenvalue weighted by Crippen LogP contribution is 2.35. The van der Waals surface area contributed by atoms with Crippen molar-refractivity contribution in [3.63, 3.8) is 0 Å². The lowest BCUT2D eigenvalue weighted by atomic mass is 9.76. The predicted octanol–water partition coefficient (Wildman–Crippen LogP) is 1.93. The van der Waals surface area contributed by atoms with Gasteiger partial charge in [0, 0.05) is 11.9 Å². The Kier molecular flexibility index (Phi) is 4.27. The summed E-state index contributed by atoms with van der Waals surface area (Å²) in [5.74, 6) is -0.946. The molecule has 1 unspecified atom stereocenters. The van der Waals surface area contributed by atoms with Gasteiger partial charge in [-0.15, -0.1) is 11.3 Å². The highest BCUT2D eigenvalue weighted by Gasteiger charge is 2.44. The van der Waals surface area contributed by atoms with Gasteiger partial charge in [-0.3, -0.25) is 0 Å². The number of aliphatic carboxylic acids is 1. The Morgan fingerprint density at radius 2 is 2.35 bits per heavy atom. The number of hydrogen-bond acceptors (Lipinski definition) is 4. The minimum atomic E-state index is -0.946. The van der Waals surface area contributed by atoms with E-state index in [0.717, 1.165) is 18.5 Å². The van der Waals surface area contributed by atoms with Gasteiger partial charge in [-0.2, -0.15) is 0 Å². The molecule has 1 aliphatic heterocycles. The molecule has 0 bridgehead atoms. The van der Waals surface area contributed by atoms with E-state index in [1.807, 2.05) is 19.2 Å². The lowest BCUT2D eigenvalue weighted by Crippen LogP contribution is -2.58. The number of carbonyl (C=O) groups is 2. The normalized spacial score (nSPS) is 21.5. The lowest BCUT2D eigenvalue weighted by Gasteiger charge is -2.43. The van der Waals surface area contributed by atoms with Gasteiger partial charge in [0.2, 0.25) is 0 Å². The molecule has 20 heavy (non-hydrogen) atoms. The summed E-state index contributed by atoms with van der Waals surface area (Å²) in [4.78, 5) is 29.2. The molecule has 0 saturated carbocycles. The summed E-state index contributed by atoms with van der Waals surface area (Å²) in [6.07, 6.45) is 1.63. The van der Waals surface area contributed by atoms with Crippen LogP contribution in [0.15, 0.2) is 10.9 Å². The van der Waals surface area contributed by atoms with Crippen molar-refractivity contribution in [2.24, 2.45) is 5.41 Å². The SMILES string of the molecule is CC1(C)CCCN(C(=O)NCc2cscn2)C1C(=O)O. The van der Waals surface area contributed by atoms with E-state index < -0.39 is 17.4 Å². The largest absolute Gasteiger partial charge is 0.480 e. The van der Waals surface area contributed by atoms with E-state index in [9.17, 15) is 14.7 Å². The van der Waals surface area contributed by atoms with Crippen LogP contribution in [-0.4, -0.2) is 39.6 Å². The maximum Gasteiger partial charge on any atom is 0.327 e. The van der Waals surface area contributed by atoms with Gasteiger partial charge in [0.15, 0.2) is 0 Å². The number of likely N-dealkylation sites (tertiary alicyclic amines) is 1. The van der Waals surface area contributed by atoms with Crippen LogP contribution in [0, 0.1) is 5.41 Å². The van der Waals surface area contributed by atoms with Crippen molar-refractivity contribution in [3.8, 4) is 0 Å². The Morgan fingerprint density at radius 1 is 1.60 bits per heavy atom. The number of hydrogen-bond donors (Lipinski definition) is 2. The van der Waals surface area contributed by atoms with Gasteiger partial charge in [-0.25, -0.2) is 14.6 Å². The monoisotopic (exact) mass is 297 g/mol. The summed E-state index contributed by atoms with van der Waals surface area (Å²) < 4.78 is 0. The summed E-state index contributed by atoms with van der Waals surface area (Å²) >= 11 is 1.46. The fourth-order valence-corrected chi connectivity index (χ4v) is 3.23. The smallest absolute Gasteiger partial charge is 0.327 e. The number of nitrogens with zero attached hydrogens (tertiary/aromatic N) is 2. The molecule has 0 aromatic carbocycles. The summed E-state index contributed by atoms with van der Waals surface area (Å²) in [5, 5.41) is 14.0. The van der Waals surface area contributed by atoms with E-state index in [1.54, 1.807) is 5.51 Å². The molecular formula is C13H19N3O3S. The number of carboxylic acids is 1. The fourth-order valence-electron chi connectivity index (χ4n) is 2.67. The van der Waals surface area contributed by atoms with E-state index in [1.165, 1.54) is 16.2 Å². The number of urea groups is 1. The average molecular weight is 297 g/mol. The minimum Gasteiger partial charge on any atom is -0.480 e. The van der Waals surface area contributed by atoms with Crippen LogP contribution in [0.1, 0.15) is 32.4 Å². The molecule has 1 aromatic rings. The molecule has 1 fully saturated rings. The average Bonchev–Trinajstić information content (AvgIpc) is 2.86. The van der Waals surface area contributed by atoms with E-state index in [0.29, 0.717) is 13.1 Å². The summed E-state index contributed by atoms with van der Waals surface area (Å²) in [7, 11) is 0. The molecule has 2 N–H and O–H groups in total. The molecule has 0 spiro atoms. The number of carbonyl (C=O) groups excluding carboxylic acids is 1. The number of nitrogens with one attached hydrogen (secondary N) is 1. The van der Waals surface area contributed by atoms with Gasteiger partial charge in [0.25, 0.3) is 0 Å². The molecule has 2 heterocycles. The van der Waals surface area contributed by atoms with Crippen molar-refractivity contribution in [2.75, 3.05) is 6.54 Å². The maximum absolute atomic E-state index is 12.2. The predicted molar refractivity (Wildman–Crippen MR) is 75.5 cm³/mol. The van der Waals surface area contributed by atoms with Gasteiger partial charge in [-0.1, -0.05) is 13.8 Å². The molecule has 7 heteroatoms. The van der Waals surface area contributed by atoms with Gasteiger partial charge >= 0.3 is 12.0 Å². The van der Waals surface area contributed by atoms with Crippen molar-refractivity contribution < 1.29 is 14.7 Å². The first-order valence-electron chi connectivity index (χ1n) is 6.56. The summed E-state index contributed by atoms with van der Waals surface area (Å²) in [6.45, 7) is 4.59. The first kappa shape index (κ1) is 14.8. The van der Waals surface area contributed by atoms with Crippen LogP contribution >= 0.6 is 11.3 Å². The molecule has 1 aromatic heterocycles. The summed E-state index contributed by atoms with van der Waals surface area (Å²) in [6, 6.07) is -1.12. The standard InChI is InChI=1S/C13H19N3O3S/c1-13(2)4-3-5-16(10(13)11(17)18)12(19)14-6-9-7-20-8-15-9/h7-8,10H,3-6H2,1-2H3,(H,14,19)(H,17,18). The van der Waals surface area contributed by atoms with Crippen LogP contribution in [0.2, 0.25) is 0 Å². The molecule has 2 rings (SSSR count). The zero-order valence-corrected chi connectivity index (χ0v) is 12.4. The zero-order valence-electron chi connectivity index (χ0n) is 11.6. The Labute approximate surface area is 121 Å². The number of thiazole rings is 1. The van der Waals surface area contributed by atoms with Crippen LogP contribution in [-0.2, 0) is 11.3 Å². The second-order valence-electron chi connectivity index (χ2n) is 5.66. The second-order valence-corrected chi connectivity index (χ2v) is 6.38. The van der Waals surface area contributed by atoms with Crippen LogP contribution in [0.5, 0.6) is 0 Å². The van der Waals surface area contributed by atoms with Crippen molar-refractivity contribution in [1.29, 1.82) is 0 Å². The number of carboxylic acid groups (broad SMARTS) is 1. The minimum absolute atomic E-state index is 0.325. The zero-order chi connectivity index (χ0) is 14.8. The molecule has 1 saturated heterocycles. The van der Waals surface area contributed by atoms with Crippen LogP contribution in [0.4, 0.5) is 4.79 Å². The Balaban J connectivity index is 2.04. The van der Waals surface area contributed by atoms with Gasteiger partial charge < -0.3 is 15.3 Å². The molecule has 6 nitrogen and oxygen atoms in total. The van der Waals surface area contributed by atoms with Crippen LogP contribution in [0.25, 0.3) is 0 Å². The van der Waals surface area contributed by atoms with Crippen LogP contribution < -0.4 is 5.32 Å². The number of piperidine rings is 1. The van der Waals surface area contributed by atoms with Gasteiger partial charge in [-0.05, 0) is 18.3 Å². The van der Waals surface area contributed by atoms with E-state index in [4.69, 9.17) is 0 Å². The first-order valence-corrected chi connectivity index (χ1v) is 7.50. The molecule has 0 aliphatic carbocycles. The van der Waals surface area contributed by atoms with Crippen molar-refractivity contribution in [1.82, 2.24) is 15.2 Å². The van der Waals surface area contributed by atoms with Gasteiger partial charge in [0.1, 0.15) is 6.04 Å². The summed E-state index contributed by atoms with van der Waals surface area (Å²) in [5.41, 5.74) is 2.07. The third-order valence-corrected chi connectivity index (χ3v) is 4.31. The van der Waals surface area contributed by atoms with E-state index >= 15 is 0 Å². The fraction of sp³-hybridized carbons (Fsp3) is 0.615.